The van der Waals surface area contributed by atoms with Crippen LogP contribution in [0.2, 0.25) is 0 Å². The highest BCUT2D eigenvalue weighted by atomic mass is 32.2. The summed E-state index contributed by atoms with van der Waals surface area (Å²) in [6.45, 7) is 14.8. The number of nitrogens with zero attached hydrogens (tertiary/aromatic N) is 3. The number of sulfonamides is 1. The minimum Gasteiger partial charge on any atom is -0.437 e. The third-order valence-corrected chi connectivity index (χ3v) is 7.40. The molecular formula is C27H35N5O6S. The van der Waals surface area contributed by atoms with Crippen LogP contribution < -0.4 is 14.8 Å². The van der Waals surface area contributed by atoms with Crippen LogP contribution in [0.25, 0.3) is 5.69 Å². The monoisotopic (exact) mass is 557 g/mol. The van der Waals surface area contributed by atoms with E-state index >= 15 is 0 Å². The molecule has 1 heterocycles. The third kappa shape index (κ3) is 7.01. The molecule has 0 aliphatic carbocycles. The number of nitro benzene ring substituents is 1. The first kappa shape index (κ1) is 29.8. The van der Waals surface area contributed by atoms with Gasteiger partial charge in [0.2, 0.25) is 15.9 Å². The maximum Gasteiger partial charge on any atom is 0.272 e. The van der Waals surface area contributed by atoms with Crippen LogP contribution in [0.4, 0.5) is 5.69 Å². The summed E-state index contributed by atoms with van der Waals surface area (Å²) in [4.78, 5) is 23.4. The molecule has 2 aromatic carbocycles. The predicted octanol–water partition coefficient (Wildman–Crippen LogP) is 4.96. The number of carbonyl (C=O) groups is 1. The number of non-ortho nitro benzene ring substituents is 1. The minimum absolute atomic E-state index is 0.111. The van der Waals surface area contributed by atoms with Gasteiger partial charge >= 0.3 is 0 Å². The van der Waals surface area contributed by atoms with Crippen molar-refractivity contribution < 1.29 is 22.9 Å². The Hall–Kier alpha value is -3.77. The summed E-state index contributed by atoms with van der Waals surface area (Å²) in [5.41, 5.74) is 1.63. The molecule has 0 saturated heterocycles. The molecule has 0 aliphatic heterocycles. The highest BCUT2D eigenvalue weighted by Crippen LogP contribution is 2.36. The number of ether oxygens (including phenoxy) is 1. The Balaban J connectivity index is 2.25. The lowest BCUT2D eigenvalue weighted by molar-refractivity contribution is -0.385. The van der Waals surface area contributed by atoms with Crippen molar-refractivity contribution in [3.8, 4) is 17.3 Å². The van der Waals surface area contributed by atoms with E-state index in [1.165, 1.54) is 10.7 Å². The van der Waals surface area contributed by atoms with Crippen molar-refractivity contribution in [2.45, 2.75) is 65.8 Å². The summed E-state index contributed by atoms with van der Waals surface area (Å²) in [6.07, 6.45) is 0. The molecule has 0 saturated carbocycles. The molecule has 1 aromatic heterocycles. The quantitative estimate of drug-likeness (QED) is 0.279. The Morgan fingerprint density at radius 1 is 1.13 bits per heavy atom. The average Bonchev–Trinajstić information content (AvgIpc) is 3.13. The fourth-order valence-electron chi connectivity index (χ4n) is 3.77. The van der Waals surface area contributed by atoms with Crippen molar-refractivity contribution in [3.05, 3.63) is 68.9 Å². The van der Waals surface area contributed by atoms with Crippen LogP contribution in [-0.2, 0) is 10.0 Å². The fourth-order valence-corrected chi connectivity index (χ4v) is 5.34. The van der Waals surface area contributed by atoms with Gasteiger partial charge in [0.05, 0.1) is 10.6 Å². The van der Waals surface area contributed by atoms with Gasteiger partial charge in [-0.15, -0.1) is 0 Å². The highest BCUT2D eigenvalue weighted by molar-refractivity contribution is 7.89. The lowest BCUT2D eigenvalue weighted by Gasteiger charge is -2.21. The molecule has 0 atom stereocenters. The molecule has 11 nitrogen and oxygen atoms in total. The zero-order valence-electron chi connectivity index (χ0n) is 23.4. The number of aryl methyl sites for hydroxylation is 2. The van der Waals surface area contributed by atoms with E-state index < -0.39 is 37.0 Å². The highest BCUT2D eigenvalue weighted by Gasteiger charge is 2.30. The number of carbonyl (C=O) groups excluding carboxylic acids is 1. The molecule has 12 heteroatoms. The number of benzene rings is 2. The van der Waals surface area contributed by atoms with Crippen molar-refractivity contribution >= 4 is 21.6 Å². The van der Waals surface area contributed by atoms with Crippen LogP contribution in [0.3, 0.4) is 0 Å². The van der Waals surface area contributed by atoms with Crippen LogP contribution in [0.15, 0.2) is 41.3 Å². The minimum atomic E-state index is -4.25. The van der Waals surface area contributed by atoms with E-state index in [4.69, 9.17) is 4.74 Å². The zero-order chi connectivity index (χ0) is 29.3. The topological polar surface area (TPSA) is 145 Å². The first-order chi connectivity index (χ1) is 18.0. The number of nitro groups is 1. The fraction of sp³-hybridized carbons (Fsp3) is 0.407. The number of hydrogen-bond acceptors (Lipinski definition) is 7. The molecule has 210 valence electrons. The second-order valence-electron chi connectivity index (χ2n) is 10.9. The van der Waals surface area contributed by atoms with Crippen LogP contribution >= 0.6 is 0 Å². The number of amides is 1. The van der Waals surface area contributed by atoms with Gasteiger partial charge in [0.25, 0.3) is 11.6 Å². The second kappa shape index (κ2) is 11.1. The molecule has 0 radical (unpaired) electrons. The standard InChI is InChI=1S/C27H35N5O6S/c1-16(2)15-28-25(33)24-19(5)26(31(29-24)21-13-17(3)9-10-18(21)4)38-22-12-11-20(32(34)35)14-23(22)39(36,37)30-27(6,7)8/h9-14,16,30H,15H2,1-8H3,(H,28,33). The van der Waals surface area contributed by atoms with E-state index in [9.17, 15) is 23.3 Å². The van der Waals surface area contributed by atoms with Crippen molar-refractivity contribution in [2.75, 3.05) is 6.54 Å². The van der Waals surface area contributed by atoms with E-state index in [2.05, 4.69) is 15.1 Å². The van der Waals surface area contributed by atoms with E-state index in [0.717, 1.165) is 23.3 Å². The Kier molecular flexibility index (Phi) is 8.51. The van der Waals surface area contributed by atoms with E-state index in [1.807, 2.05) is 45.9 Å². The van der Waals surface area contributed by atoms with E-state index in [-0.39, 0.29) is 23.2 Å². The molecule has 0 aliphatic rings. The molecule has 0 unspecified atom stereocenters. The van der Waals surface area contributed by atoms with Crippen molar-refractivity contribution in [1.82, 2.24) is 19.8 Å². The van der Waals surface area contributed by atoms with E-state index in [0.29, 0.717) is 17.8 Å². The second-order valence-corrected chi connectivity index (χ2v) is 12.6. The van der Waals surface area contributed by atoms with Gasteiger partial charge in [0, 0.05) is 29.8 Å². The normalized spacial score (nSPS) is 12.0. The molecule has 0 fully saturated rings. The summed E-state index contributed by atoms with van der Waals surface area (Å²) in [5, 5.41) is 18.9. The van der Waals surface area contributed by atoms with Gasteiger partial charge in [-0.2, -0.15) is 9.78 Å². The summed E-state index contributed by atoms with van der Waals surface area (Å²) in [7, 11) is -4.25. The van der Waals surface area contributed by atoms with E-state index in [1.54, 1.807) is 27.7 Å². The predicted molar refractivity (Wildman–Crippen MR) is 148 cm³/mol. The number of aromatic nitrogens is 2. The lowest BCUT2D eigenvalue weighted by atomic mass is 10.1. The van der Waals surface area contributed by atoms with Gasteiger partial charge in [0.15, 0.2) is 5.69 Å². The van der Waals surface area contributed by atoms with Crippen molar-refractivity contribution in [1.29, 1.82) is 0 Å². The zero-order valence-corrected chi connectivity index (χ0v) is 24.3. The average molecular weight is 558 g/mol. The Bertz CT molecular complexity index is 1520. The van der Waals surface area contributed by atoms with Gasteiger partial charge in [-0.05, 0) is 70.7 Å². The largest absolute Gasteiger partial charge is 0.437 e. The Labute approximate surface area is 228 Å². The molecule has 39 heavy (non-hydrogen) atoms. The van der Waals surface area contributed by atoms with Crippen molar-refractivity contribution in [2.24, 2.45) is 5.92 Å². The van der Waals surface area contributed by atoms with Crippen molar-refractivity contribution in [3.63, 3.8) is 0 Å². The van der Waals surface area contributed by atoms with Crippen LogP contribution in [0.5, 0.6) is 11.6 Å². The molecule has 3 aromatic rings. The van der Waals surface area contributed by atoms with Crippen LogP contribution in [-0.4, -0.2) is 41.1 Å². The first-order valence-electron chi connectivity index (χ1n) is 12.5. The molecule has 1 amide bonds. The van der Waals surface area contributed by atoms with Crippen LogP contribution in [0, 0.1) is 36.8 Å². The number of hydrogen-bond donors (Lipinski definition) is 2. The van der Waals surface area contributed by atoms with Gasteiger partial charge in [-0.1, -0.05) is 26.0 Å². The number of nitrogens with one attached hydrogen (secondary N) is 2. The van der Waals surface area contributed by atoms with Crippen LogP contribution in [0.1, 0.15) is 61.8 Å². The Morgan fingerprint density at radius 2 is 1.79 bits per heavy atom. The van der Waals surface area contributed by atoms with Gasteiger partial charge < -0.3 is 10.1 Å². The molecule has 0 spiro atoms. The van der Waals surface area contributed by atoms with Gasteiger partial charge in [-0.25, -0.2) is 13.1 Å². The van der Waals surface area contributed by atoms with Gasteiger partial charge in [0.1, 0.15) is 10.6 Å². The molecule has 3 rings (SSSR count). The first-order valence-corrected chi connectivity index (χ1v) is 13.9. The SMILES string of the molecule is Cc1ccc(C)c(-n2nc(C(=O)NCC(C)C)c(C)c2Oc2ccc([N+](=O)[O-])cc2S(=O)(=O)NC(C)(C)C)c1. The summed E-state index contributed by atoms with van der Waals surface area (Å²) < 4.78 is 36.8. The number of rotatable bonds is 9. The summed E-state index contributed by atoms with van der Waals surface area (Å²) in [5.74, 6) is -0.226. The maximum absolute atomic E-state index is 13.3. The Morgan fingerprint density at radius 3 is 2.38 bits per heavy atom. The maximum atomic E-state index is 13.3. The molecule has 2 N–H and O–H groups in total. The molecular weight excluding hydrogens is 522 g/mol. The van der Waals surface area contributed by atoms with Gasteiger partial charge in [-0.3, -0.25) is 14.9 Å². The smallest absolute Gasteiger partial charge is 0.272 e. The molecule has 0 bridgehead atoms. The lowest BCUT2D eigenvalue weighted by Crippen LogP contribution is -2.40. The summed E-state index contributed by atoms with van der Waals surface area (Å²) in [6, 6.07) is 9.06. The third-order valence-electron chi connectivity index (χ3n) is 5.62. The summed E-state index contributed by atoms with van der Waals surface area (Å²) >= 11 is 0.